The highest BCUT2D eigenvalue weighted by Crippen LogP contribution is 2.22. The summed E-state index contributed by atoms with van der Waals surface area (Å²) < 4.78 is 41.8. The average Bonchev–Trinajstić information content (AvgIpc) is 2.91. The first-order chi connectivity index (χ1) is 17.9. The zero-order valence-corrected chi connectivity index (χ0v) is 19.6. The number of nitrogens with one attached hydrogen (secondary N) is 1. The van der Waals surface area contributed by atoms with Crippen LogP contribution in [0.4, 0.5) is 13.2 Å². The predicted molar refractivity (Wildman–Crippen MR) is 131 cm³/mol. The molecule has 190 valence electrons. The van der Waals surface area contributed by atoms with Gasteiger partial charge in [0, 0.05) is 36.1 Å². The smallest absolute Gasteiger partial charge is 0.267 e. The molecule has 0 atom stereocenters. The molecule has 0 fully saturated rings. The van der Waals surface area contributed by atoms with Gasteiger partial charge in [0.05, 0.1) is 17.8 Å². The van der Waals surface area contributed by atoms with Gasteiger partial charge in [0.2, 0.25) is 0 Å². The first kappa shape index (κ1) is 25.7. The van der Waals surface area contributed by atoms with E-state index in [1.54, 1.807) is 24.3 Å². The fourth-order valence-electron chi connectivity index (χ4n) is 3.57. The van der Waals surface area contributed by atoms with Crippen LogP contribution in [0.25, 0.3) is 22.6 Å². The molecule has 0 radical (unpaired) electrons. The lowest BCUT2D eigenvalue weighted by atomic mass is 10.1. The minimum atomic E-state index is -1.58. The van der Waals surface area contributed by atoms with Crippen molar-refractivity contribution < 1.29 is 18.0 Å². The molecular weight excluding hydrogens is 485 g/mol. The molecule has 0 bridgehead atoms. The monoisotopic (exact) mass is 508 g/mol. The van der Waals surface area contributed by atoms with E-state index in [0.29, 0.717) is 35.6 Å². The van der Waals surface area contributed by atoms with Gasteiger partial charge in [-0.3, -0.25) is 9.59 Å². The molecule has 2 aromatic heterocycles. The second kappa shape index (κ2) is 11.6. The Morgan fingerprint density at radius 3 is 2.38 bits per heavy atom. The molecular formula is C26H23F3N6O2. The minimum Gasteiger partial charge on any atom is -0.352 e. The second-order valence-corrected chi connectivity index (χ2v) is 8.22. The number of aromatic nitrogens is 4. The van der Waals surface area contributed by atoms with Gasteiger partial charge >= 0.3 is 0 Å². The summed E-state index contributed by atoms with van der Waals surface area (Å²) in [6.07, 6.45) is 4.47. The van der Waals surface area contributed by atoms with Gasteiger partial charge in [0.15, 0.2) is 23.3 Å². The zero-order chi connectivity index (χ0) is 26.4. The van der Waals surface area contributed by atoms with Crippen molar-refractivity contribution in [1.29, 1.82) is 0 Å². The van der Waals surface area contributed by atoms with Crippen LogP contribution in [0.2, 0.25) is 0 Å². The summed E-state index contributed by atoms with van der Waals surface area (Å²) in [5.41, 5.74) is 6.78. The third-order valence-corrected chi connectivity index (χ3v) is 5.49. The third kappa shape index (κ3) is 6.25. The highest BCUT2D eigenvalue weighted by Gasteiger charge is 2.14. The number of unbranched alkanes of at least 4 members (excludes halogenated alkanes) is 1. The summed E-state index contributed by atoms with van der Waals surface area (Å²) in [4.78, 5) is 33.2. The molecule has 0 aliphatic carbocycles. The molecule has 3 N–H and O–H groups in total. The Morgan fingerprint density at radius 2 is 1.68 bits per heavy atom. The maximum Gasteiger partial charge on any atom is 0.267 e. The zero-order valence-electron chi connectivity index (χ0n) is 19.6. The van der Waals surface area contributed by atoms with Gasteiger partial charge in [0.25, 0.3) is 11.5 Å². The molecule has 0 unspecified atom stereocenters. The van der Waals surface area contributed by atoms with Gasteiger partial charge in [-0.05, 0) is 49.2 Å². The van der Waals surface area contributed by atoms with Gasteiger partial charge < -0.3 is 11.1 Å². The third-order valence-electron chi connectivity index (χ3n) is 5.49. The SMILES string of the molecule is NCCCCNC(=O)c1cnc(-c2cccc(Cn3nc(-c4cc(F)c(F)c(F)c4)ccc3=O)c2)nc1. The molecule has 2 aromatic carbocycles. The number of nitrogens with zero attached hydrogens (tertiary/aromatic N) is 4. The number of nitrogens with two attached hydrogens (primary N) is 1. The number of carbonyl (C=O) groups excluding carboxylic acids is 1. The van der Waals surface area contributed by atoms with E-state index in [2.05, 4.69) is 20.4 Å². The van der Waals surface area contributed by atoms with E-state index < -0.39 is 23.0 Å². The van der Waals surface area contributed by atoms with E-state index in [1.807, 2.05) is 0 Å². The molecule has 2 heterocycles. The Balaban J connectivity index is 1.52. The van der Waals surface area contributed by atoms with E-state index in [0.717, 1.165) is 29.7 Å². The minimum absolute atomic E-state index is 0.00388. The highest BCUT2D eigenvalue weighted by atomic mass is 19.2. The van der Waals surface area contributed by atoms with Crippen LogP contribution in [0.15, 0.2) is 65.7 Å². The Labute approximate surface area is 210 Å². The highest BCUT2D eigenvalue weighted by molar-refractivity contribution is 5.93. The first-order valence-electron chi connectivity index (χ1n) is 11.5. The molecule has 0 aliphatic rings. The van der Waals surface area contributed by atoms with Crippen LogP contribution in [-0.4, -0.2) is 38.7 Å². The fraction of sp³-hybridized carbons (Fsp3) is 0.192. The topological polar surface area (TPSA) is 116 Å². The van der Waals surface area contributed by atoms with Crippen LogP contribution in [0.3, 0.4) is 0 Å². The molecule has 4 aromatic rings. The van der Waals surface area contributed by atoms with Gasteiger partial charge in [-0.1, -0.05) is 18.2 Å². The molecule has 0 spiro atoms. The summed E-state index contributed by atoms with van der Waals surface area (Å²) in [6.45, 7) is 1.13. The van der Waals surface area contributed by atoms with Crippen LogP contribution < -0.4 is 16.6 Å². The fourth-order valence-corrected chi connectivity index (χ4v) is 3.57. The summed E-state index contributed by atoms with van der Waals surface area (Å²) in [7, 11) is 0. The maximum absolute atomic E-state index is 13.7. The summed E-state index contributed by atoms with van der Waals surface area (Å²) in [6, 6.07) is 11.2. The largest absolute Gasteiger partial charge is 0.352 e. The van der Waals surface area contributed by atoms with Crippen LogP contribution in [0.1, 0.15) is 28.8 Å². The van der Waals surface area contributed by atoms with Crippen LogP contribution in [0, 0.1) is 17.5 Å². The number of benzene rings is 2. The van der Waals surface area contributed by atoms with Crippen LogP contribution >= 0.6 is 0 Å². The van der Waals surface area contributed by atoms with Crippen LogP contribution in [-0.2, 0) is 6.54 Å². The van der Waals surface area contributed by atoms with Crippen molar-refractivity contribution in [3.05, 3.63) is 99.9 Å². The Bertz CT molecular complexity index is 1450. The Morgan fingerprint density at radius 1 is 0.946 bits per heavy atom. The van der Waals surface area contributed by atoms with E-state index in [1.165, 1.54) is 24.5 Å². The summed E-state index contributed by atoms with van der Waals surface area (Å²) in [5, 5.41) is 6.97. The van der Waals surface area contributed by atoms with Crippen molar-refractivity contribution in [3.63, 3.8) is 0 Å². The van der Waals surface area contributed by atoms with Gasteiger partial charge in [-0.2, -0.15) is 5.10 Å². The van der Waals surface area contributed by atoms with Crippen molar-refractivity contribution in [2.24, 2.45) is 5.73 Å². The van der Waals surface area contributed by atoms with Gasteiger partial charge in [-0.15, -0.1) is 0 Å². The molecule has 0 aliphatic heterocycles. The number of hydrogen-bond donors (Lipinski definition) is 2. The Hall–Kier alpha value is -4.38. The van der Waals surface area contributed by atoms with Gasteiger partial charge in [0.1, 0.15) is 0 Å². The lowest BCUT2D eigenvalue weighted by Gasteiger charge is -2.09. The maximum atomic E-state index is 13.7. The Kier molecular flexibility index (Phi) is 8.04. The van der Waals surface area contributed by atoms with E-state index in [4.69, 9.17) is 5.73 Å². The molecule has 0 saturated heterocycles. The van der Waals surface area contributed by atoms with Crippen molar-refractivity contribution in [3.8, 4) is 22.6 Å². The van der Waals surface area contributed by atoms with Crippen molar-refractivity contribution >= 4 is 5.91 Å². The standard InChI is InChI=1S/C26H23F3N6O2/c27-20-11-18(12-21(28)24(20)29)22-6-7-23(36)35(34-22)15-16-4-3-5-17(10-16)25-32-13-19(14-33-25)26(37)31-9-2-1-8-30/h3-7,10-14H,1-2,8-9,15,30H2,(H,31,37). The quantitative estimate of drug-likeness (QED) is 0.265. The number of rotatable bonds is 9. The normalized spacial score (nSPS) is 10.9. The first-order valence-corrected chi connectivity index (χ1v) is 11.5. The number of halogens is 3. The van der Waals surface area contributed by atoms with Crippen LogP contribution in [0.5, 0.6) is 0 Å². The molecule has 1 amide bonds. The predicted octanol–water partition coefficient (Wildman–Crippen LogP) is 3.30. The summed E-state index contributed by atoms with van der Waals surface area (Å²) >= 11 is 0. The lowest BCUT2D eigenvalue weighted by molar-refractivity contribution is 0.0952. The molecule has 0 saturated carbocycles. The lowest BCUT2D eigenvalue weighted by Crippen LogP contribution is -2.25. The van der Waals surface area contributed by atoms with Crippen molar-refractivity contribution in [2.75, 3.05) is 13.1 Å². The number of hydrogen-bond acceptors (Lipinski definition) is 6. The van der Waals surface area contributed by atoms with Crippen molar-refractivity contribution in [2.45, 2.75) is 19.4 Å². The second-order valence-electron chi connectivity index (χ2n) is 8.22. The molecule has 11 heteroatoms. The molecule has 4 rings (SSSR count). The van der Waals surface area contributed by atoms with E-state index in [9.17, 15) is 22.8 Å². The van der Waals surface area contributed by atoms with E-state index >= 15 is 0 Å². The molecule has 37 heavy (non-hydrogen) atoms. The molecule has 8 nitrogen and oxygen atoms in total. The number of carbonyl (C=O) groups is 1. The number of amides is 1. The van der Waals surface area contributed by atoms with E-state index in [-0.39, 0.29) is 23.7 Å². The average molecular weight is 509 g/mol. The van der Waals surface area contributed by atoms with Gasteiger partial charge in [-0.25, -0.2) is 27.8 Å². The summed E-state index contributed by atoms with van der Waals surface area (Å²) in [5.74, 6) is -4.17. The van der Waals surface area contributed by atoms with Crippen molar-refractivity contribution in [1.82, 2.24) is 25.1 Å².